The van der Waals surface area contributed by atoms with Crippen molar-refractivity contribution in [1.82, 2.24) is 10.6 Å². The fourth-order valence-electron chi connectivity index (χ4n) is 2.60. The Hall–Kier alpha value is -2.36. The molecule has 1 aromatic rings. The highest BCUT2D eigenvalue weighted by Crippen LogP contribution is 2.29. The number of amides is 2. The van der Waals surface area contributed by atoms with Gasteiger partial charge in [-0.3, -0.25) is 9.59 Å². The smallest absolute Gasteiger partial charge is 0.252 e. The van der Waals surface area contributed by atoms with E-state index >= 15 is 0 Å². The lowest BCUT2D eigenvalue weighted by atomic mass is 9.81. The monoisotopic (exact) mass is 312 g/mol. The lowest BCUT2D eigenvalue weighted by Gasteiger charge is -2.29. The number of allylic oxidation sites excluding steroid dienone is 1. The van der Waals surface area contributed by atoms with E-state index in [4.69, 9.17) is 0 Å². The van der Waals surface area contributed by atoms with Gasteiger partial charge >= 0.3 is 0 Å². The molecule has 1 aliphatic rings. The van der Waals surface area contributed by atoms with Gasteiger partial charge < -0.3 is 10.6 Å². The Morgan fingerprint density at radius 2 is 2.09 bits per heavy atom. The molecular formula is C19H24N2O2. The molecule has 23 heavy (non-hydrogen) atoms. The fourth-order valence-corrected chi connectivity index (χ4v) is 2.60. The summed E-state index contributed by atoms with van der Waals surface area (Å²) in [4.78, 5) is 23.8. The van der Waals surface area contributed by atoms with Crippen molar-refractivity contribution in [1.29, 1.82) is 0 Å². The van der Waals surface area contributed by atoms with Crippen LogP contribution < -0.4 is 10.6 Å². The molecule has 2 N–H and O–H groups in total. The van der Waals surface area contributed by atoms with E-state index < -0.39 is 0 Å². The Kier molecular flexibility index (Phi) is 5.37. The SMILES string of the molecule is C=CC(=O)NCc1ccccc1C(=O)NC1C=CC(C)(C)CC1. The summed E-state index contributed by atoms with van der Waals surface area (Å²) in [5.74, 6) is -0.361. The van der Waals surface area contributed by atoms with Gasteiger partial charge in [-0.15, -0.1) is 0 Å². The minimum absolute atomic E-state index is 0.0614. The first-order chi connectivity index (χ1) is 10.9. The highest BCUT2D eigenvalue weighted by atomic mass is 16.2. The number of carbonyl (C=O) groups excluding carboxylic acids is 2. The van der Waals surface area contributed by atoms with Gasteiger partial charge in [0.25, 0.3) is 5.91 Å². The molecular weight excluding hydrogens is 288 g/mol. The Morgan fingerprint density at radius 1 is 1.35 bits per heavy atom. The maximum Gasteiger partial charge on any atom is 0.252 e. The second-order valence-corrected chi connectivity index (χ2v) is 6.55. The normalized spacial score (nSPS) is 19.0. The number of hydrogen-bond donors (Lipinski definition) is 2. The van der Waals surface area contributed by atoms with Crippen molar-refractivity contribution in [2.24, 2.45) is 5.41 Å². The molecule has 1 aromatic carbocycles. The van der Waals surface area contributed by atoms with Crippen LogP contribution in [0.3, 0.4) is 0 Å². The molecule has 4 nitrogen and oxygen atoms in total. The van der Waals surface area contributed by atoms with E-state index in [9.17, 15) is 9.59 Å². The Morgan fingerprint density at radius 3 is 2.74 bits per heavy atom. The third-order valence-corrected chi connectivity index (χ3v) is 4.10. The van der Waals surface area contributed by atoms with Gasteiger partial charge in [-0.1, -0.05) is 50.8 Å². The molecule has 0 spiro atoms. The summed E-state index contributed by atoms with van der Waals surface area (Å²) in [7, 11) is 0. The van der Waals surface area contributed by atoms with Crippen LogP contribution in [0.15, 0.2) is 49.1 Å². The van der Waals surface area contributed by atoms with Crippen LogP contribution in [0.1, 0.15) is 42.6 Å². The lowest BCUT2D eigenvalue weighted by molar-refractivity contribution is -0.116. The average Bonchev–Trinajstić information content (AvgIpc) is 2.54. The first kappa shape index (κ1) is 17.0. The quantitative estimate of drug-likeness (QED) is 0.649. The fraction of sp³-hybridized carbons (Fsp3) is 0.368. The minimum Gasteiger partial charge on any atom is -0.348 e. The van der Waals surface area contributed by atoms with Crippen molar-refractivity contribution in [3.05, 3.63) is 60.2 Å². The van der Waals surface area contributed by atoms with Gasteiger partial charge in [0.15, 0.2) is 0 Å². The van der Waals surface area contributed by atoms with Crippen LogP contribution in [-0.2, 0) is 11.3 Å². The molecule has 0 heterocycles. The van der Waals surface area contributed by atoms with Gasteiger partial charge in [-0.25, -0.2) is 0 Å². The Bertz CT molecular complexity index is 632. The van der Waals surface area contributed by atoms with Gasteiger partial charge in [-0.05, 0) is 36.0 Å². The van der Waals surface area contributed by atoms with Gasteiger partial charge in [0.2, 0.25) is 5.91 Å². The Balaban J connectivity index is 2.05. The molecule has 0 aliphatic heterocycles. The number of benzene rings is 1. The minimum atomic E-state index is -0.252. The highest BCUT2D eigenvalue weighted by Gasteiger charge is 2.23. The zero-order valence-corrected chi connectivity index (χ0v) is 13.8. The topological polar surface area (TPSA) is 58.2 Å². The van der Waals surface area contributed by atoms with Crippen molar-refractivity contribution in [3.8, 4) is 0 Å². The van der Waals surface area contributed by atoms with Gasteiger partial charge in [-0.2, -0.15) is 0 Å². The number of carbonyl (C=O) groups is 2. The van der Waals surface area contributed by atoms with Crippen LogP contribution in [-0.4, -0.2) is 17.9 Å². The Labute approximate surface area is 137 Å². The zero-order valence-electron chi connectivity index (χ0n) is 13.8. The third-order valence-electron chi connectivity index (χ3n) is 4.10. The molecule has 2 amide bonds. The second kappa shape index (κ2) is 7.27. The van der Waals surface area contributed by atoms with Gasteiger partial charge in [0.05, 0.1) is 0 Å². The van der Waals surface area contributed by atoms with Crippen LogP contribution in [0.5, 0.6) is 0 Å². The van der Waals surface area contributed by atoms with E-state index in [0.29, 0.717) is 12.1 Å². The van der Waals surface area contributed by atoms with Crippen LogP contribution in [0, 0.1) is 5.41 Å². The number of hydrogen-bond acceptors (Lipinski definition) is 2. The van der Waals surface area contributed by atoms with E-state index in [0.717, 1.165) is 18.4 Å². The van der Waals surface area contributed by atoms with Crippen LogP contribution in [0.2, 0.25) is 0 Å². The van der Waals surface area contributed by atoms with Crippen molar-refractivity contribution in [2.75, 3.05) is 0 Å². The molecule has 1 unspecified atom stereocenters. The van der Waals surface area contributed by atoms with E-state index in [-0.39, 0.29) is 23.3 Å². The number of nitrogens with one attached hydrogen (secondary N) is 2. The summed E-state index contributed by atoms with van der Waals surface area (Å²) >= 11 is 0. The molecule has 1 aliphatic carbocycles. The highest BCUT2D eigenvalue weighted by molar-refractivity contribution is 5.96. The largest absolute Gasteiger partial charge is 0.348 e. The first-order valence-electron chi connectivity index (χ1n) is 7.90. The maximum atomic E-state index is 12.5. The summed E-state index contributed by atoms with van der Waals surface area (Å²) in [5.41, 5.74) is 1.59. The summed E-state index contributed by atoms with van der Waals surface area (Å²) < 4.78 is 0. The van der Waals surface area contributed by atoms with E-state index in [1.807, 2.05) is 18.2 Å². The molecule has 122 valence electrons. The van der Waals surface area contributed by atoms with Gasteiger partial charge in [0.1, 0.15) is 0 Å². The molecule has 0 bridgehead atoms. The van der Waals surface area contributed by atoms with Crippen molar-refractivity contribution in [3.63, 3.8) is 0 Å². The molecule has 0 saturated heterocycles. The van der Waals surface area contributed by atoms with Crippen molar-refractivity contribution < 1.29 is 9.59 Å². The number of rotatable bonds is 5. The predicted octanol–water partition coefficient (Wildman–Crippen LogP) is 2.96. The molecule has 0 radical (unpaired) electrons. The van der Waals surface area contributed by atoms with Gasteiger partial charge in [0, 0.05) is 18.2 Å². The standard InChI is InChI=1S/C19H24N2O2/c1-4-17(22)20-13-14-7-5-6-8-16(14)18(23)21-15-9-11-19(2,3)12-10-15/h4-9,11,15H,1,10,12-13H2,2-3H3,(H,20,22)(H,21,23). The van der Waals surface area contributed by atoms with Crippen molar-refractivity contribution >= 4 is 11.8 Å². The maximum absolute atomic E-state index is 12.5. The predicted molar refractivity (Wildman–Crippen MR) is 91.9 cm³/mol. The summed E-state index contributed by atoms with van der Waals surface area (Å²) in [6.45, 7) is 8.12. The lowest BCUT2D eigenvalue weighted by Crippen LogP contribution is -2.37. The summed E-state index contributed by atoms with van der Waals surface area (Å²) in [5, 5.41) is 5.76. The molecule has 2 rings (SSSR count). The van der Waals surface area contributed by atoms with Crippen LogP contribution in [0.4, 0.5) is 0 Å². The van der Waals surface area contributed by atoms with Crippen molar-refractivity contribution in [2.45, 2.75) is 39.3 Å². The van der Waals surface area contributed by atoms with Crippen LogP contribution in [0.25, 0.3) is 0 Å². The van der Waals surface area contributed by atoms with E-state index in [1.165, 1.54) is 6.08 Å². The molecule has 0 saturated carbocycles. The molecule has 4 heteroatoms. The third kappa shape index (κ3) is 4.81. The zero-order chi connectivity index (χ0) is 16.9. The second-order valence-electron chi connectivity index (χ2n) is 6.55. The van der Waals surface area contributed by atoms with Crippen LogP contribution >= 0.6 is 0 Å². The summed E-state index contributed by atoms with van der Waals surface area (Å²) in [6.07, 6.45) is 7.44. The summed E-state index contributed by atoms with van der Waals surface area (Å²) in [6, 6.07) is 7.37. The molecule has 0 aromatic heterocycles. The van der Waals surface area contributed by atoms with E-state index in [2.05, 4.69) is 43.2 Å². The first-order valence-corrected chi connectivity index (χ1v) is 7.90. The molecule has 1 atom stereocenters. The molecule has 0 fully saturated rings. The average molecular weight is 312 g/mol. The van der Waals surface area contributed by atoms with E-state index in [1.54, 1.807) is 6.07 Å².